The molecule has 3 heterocycles. The number of ether oxygens (including phenoxy) is 2. The van der Waals surface area contributed by atoms with Crippen molar-refractivity contribution >= 4 is 17.0 Å². The maximum absolute atomic E-state index is 13.6. The molecule has 2 saturated heterocycles. The number of carbonyl (C=O) groups excluding carboxylic acids is 1. The Labute approximate surface area is 221 Å². The van der Waals surface area contributed by atoms with E-state index in [1.54, 1.807) is 24.1 Å². The summed E-state index contributed by atoms with van der Waals surface area (Å²) >= 11 is -2.17. The van der Waals surface area contributed by atoms with Gasteiger partial charge in [-0.2, -0.15) is 5.10 Å². The number of methoxy groups -OCH3 is 1. The fraction of sp³-hybridized carbons (Fsp3) is 0.615. The maximum Gasteiger partial charge on any atom is 0.274 e. The van der Waals surface area contributed by atoms with E-state index in [0.717, 1.165) is 56.8 Å². The Morgan fingerprint density at radius 2 is 2.03 bits per heavy atom. The molecule has 2 aromatic rings. The lowest BCUT2D eigenvalue weighted by atomic mass is 10.0. The van der Waals surface area contributed by atoms with Crippen molar-refractivity contribution in [2.24, 2.45) is 0 Å². The van der Waals surface area contributed by atoms with E-state index in [9.17, 15) is 13.6 Å². The van der Waals surface area contributed by atoms with E-state index < -0.39 is 11.1 Å². The molecule has 11 heteroatoms. The molecule has 1 unspecified atom stereocenters. The molecule has 0 saturated carbocycles. The number of carbonyl (C=O) groups is 1. The number of nitrogens with zero attached hydrogens (tertiary/aromatic N) is 4. The van der Waals surface area contributed by atoms with Crippen molar-refractivity contribution in [3.63, 3.8) is 0 Å². The second-order valence-corrected chi connectivity index (χ2v) is 10.4. The summed E-state index contributed by atoms with van der Waals surface area (Å²) in [5.41, 5.74) is 2.71. The molecular formula is C26H39N5O5S. The number of aromatic nitrogens is 2. The van der Waals surface area contributed by atoms with Crippen LogP contribution in [0.15, 0.2) is 29.2 Å². The highest BCUT2D eigenvalue weighted by Crippen LogP contribution is 2.36. The SMILES string of the molecule is CCc1c(C(=O)N2CCOCC2)nn([C@H]2CCCN(CCNCCOC)C2)c1-c1ccccc1S(=O)O. The van der Waals surface area contributed by atoms with Gasteiger partial charge in [0.25, 0.3) is 5.91 Å². The average molecular weight is 534 g/mol. The van der Waals surface area contributed by atoms with Crippen molar-refractivity contribution < 1.29 is 23.0 Å². The van der Waals surface area contributed by atoms with Crippen LogP contribution in [-0.4, -0.2) is 107 Å². The zero-order valence-electron chi connectivity index (χ0n) is 21.9. The Balaban J connectivity index is 1.70. The standard InChI is InChI=1S/C26H39N5O5S/c1-3-21-24(26(32)30-14-17-36-18-15-30)28-31(25(21)22-8-4-5-9-23(22)37(33)34)20-7-6-12-29(19-20)13-10-27-11-16-35-2/h4-5,8-9,20,27H,3,6-7,10-19H2,1-2H3,(H,33,34)/t20-/m0/s1. The Bertz CT molecular complexity index is 1070. The van der Waals surface area contributed by atoms with Crippen molar-refractivity contribution in [3.8, 4) is 11.3 Å². The van der Waals surface area contributed by atoms with Gasteiger partial charge in [0.05, 0.1) is 36.5 Å². The molecule has 37 heavy (non-hydrogen) atoms. The van der Waals surface area contributed by atoms with Gasteiger partial charge in [-0.3, -0.25) is 14.4 Å². The molecule has 0 spiro atoms. The summed E-state index contributed by atoms with van der Waals surface area (Å²) in [7, 11) is 1.70. The smallest absolute Gasteiger partial charge is 0.274 e. The lowest BCUT2D eigenvalue weighted by Crippen LogP contribution is -2.42. The van der Waals surface area contributed by atoms with Crippen LogP contribution < -0.4 is 5.32 Å². The third-order valence-electron chi connectivity index (χ3n) is 7.11. The van der Waals surface area contributed by atoms with Crippen LogP contribution in [0, 0.1) is 0 Å². The molecule has 204 valence electrons. The van der Waals surface area contributed by atoms with E-state index in [-0.39, 0.29) is 11.9 Å². The molecule has 10 nitrogen and oxygen atoms in total. The summed E-state index contributed by atoms with van der Waals surface area (Å²) in [6.45, 7) is 9.22. The van der Waals surface area contributed by atoms with Crippen molar-refractivity contribution in [1.82, 2.24) is 24.9 Å². The zero-order chi connectivity index (χ0) is 26.2. The highest BCUT2D eigenvalue weighted by atomic mass is 32.2. The largest absolute Gasteiger partial charge is 0.383 e. The Morgan fingerprint density at radius 3 is 2.76 bits per heavy atom. The van der Waals surface area contributed by atoms with Gasteiger partial charge in [0.1, 0.15) is 0 Å². The summed E-state index contributed by atoms with van der Waals surface area (Å²) in [6.07, 6.45) is 2.54. The van der Waals surface area contributed by atoms with Gasteiger partial charge in [-0.05, 0) is 31.9 Å². The molecule has 2 fully saturated rings. The van der Waals surface area contributed by atoms with Crippen molar-refractivity contribution in [2.75, 3.05) is 72.7 Å². The third kappa shape index (κ3) is 6.65. The lowest BCUT2D eigenvalue weighted by Gasteiger charge is -2.34. The summed E-state index contributed by atoms with van der Waals surface area (Å²) < 4.78 is 34.9. The molecule has 2 aliphatic rings. The van der Waals surface area contributed by atoms with Crippen LogP contribution in [0.3, 0.4) is 0 Å². The molecule has 1 amide bonds. The molecule has 0 radical (unpaired) electrons. The quantitative estimate of drug-likeness (QED) is 0.334. The van der Waals surface area contributed by atoms with Crippen molar-refractivity contribution in [2.45, 2.75) is 37.1 Å². The third-order valence-corrected chi connectivity index (χ3v) is 7.84. The van der Waals surface area contributed by atoms with Gasteiger partial charge in [-0.25, -0.2) is 4.21 Å². The number of hydrogen-bond donors (Lipinski definition) is 2. The van der Waals surface area contributed by atoms with Gasteiger partial charge in [0.15, 0.2) is 16.8 Å². The van der Waals surface area contributed by atoms with Crippen LogP contribution >= 0.6 is 0 Å². The molecule has 0 bridgehead atoms. The average Bonchev–Trinajstić information content (AvgIpc) is 3.32. The first-order chi connectivity index (χ1) is 18.0. The number of piperidine rings is 1. The summed E-state index contributed by atoms with van der Waals surface area (Å²) in [5.74, 6) is -0.0993. The van der Waals surface area contributed by atoms with Gasteiger partial charge in [0, 0.05) is 57.5 Å². The number of benzene rings is 1. The minimum Gasteiger partial charge on any atom is -0.383 e. The topological polar surface area (TPSA) is 109 Å². The van der Waals surface area contributed by atoms with E-state index >= 15 is 0 Å². The van der Waals surface area contributed by atoms with Crippen LogP contribution in [0.1, 0.15) is 41.9 Å². The van der Waals surface area contributed by atoms with Crippen LogP contribution in [0.4, 0.5) is 0 Å². The van der Waals surface area contributed by atoms with Gasteiger partial charge in [-0.1, -0.05) is 25.1 Å². The predicted octanol–water partition coefficient (Wildman–Crippen LogP) is 2.04. The normalized spacial score (nSPS) is 19.8. The molecule has 1 aromatic heterocycles. The minimum absolute atomic E-state index is 0.0550. The fourth-order valence-electron chi connectivity index (χ4n) is 5.23. The maximum atomic E-state index is 13.6. The predicted molar refractivity (Wildman–Crippen MR) is 142 cm³/mol. The number of likely N-dealkylation sites (tertiary alicyclic amines) is 1. The van der Waals surface area contributed by atoms with Gasteiger partial charge in [0.2, 0.25) is 0 Å². The van der Waals surface area contributed by atoms with Crippen LogP contribution in [0.2, 0.25) is 0 Å². The number of nitrogens with one attached hydrogen (secondary N) is 1. The molecule has 2 N–H and O–H groups in total. The monoisotopic (exact) mass is 533 g/mol. The van der Waals surface area contributed by atoms with E-state index in [4.69, 9.17) is 14.6 Å². The number of morpholine rings is 1. The Hall–Kier alpha value is -2.15. The first-order valence-corrected chi connectivity index (χ1v) is 14.3. The molecule has 2 aliphatic heterocycles. The zero-order valence-corrected chi connectivity index (χ0v) is 22.7. The van der Waals surface area contributed by atoms with Gasteiger partial charge in [-0.15, -0.1) is 0 Å². The number of hydrogen-bond acceptors (Lipinski definition) is 7. The molecular weight excluding hydrogens is 494 g/mol. The molecule has 1 aromatic carbocycles. The van der Waals surface area contributed by atoms with E-state index in [2.05, 4.69) is 10.2 Å². The highest BCUT2D eigenvalue weighted by molar-refractivity contribution is 7.79. The van der Waals surface area contributed by atoms with E-state index in [1.165, 1.54) is 0 Å². The summed E-state index contributed by atoms with van der Waals surface area (Å²) in [5, 5.41) is 8.37. The highest BCUT2D eigenvalue weighted by Gasteiger charge is 2.32. The second kappa shape index (κ2) is 13.6. The van der Waals surface area contributed by atoms with Crippen LogP contribution in [0.25, 0.3) is 11.3 Å². The summed E-state index contributed by atoms with van der Waals surface area (Å²) in [4.78, 5) is 18.2. The summed E-state index contributed by atoms with van der Waals surface area (Å²) in [6, 6.07) is 7.21. The Kier molecular flexibility index (Phi) is 10.2. The van der Waals surface area contributed by atoms with Crippen molar-refractivity contribution in [3.05, 3.63) is 35.5 Å². The van der Waals surface area contributed by atoms with Crippen LogP contribution in [0.5, 0.6) is 0 Å². The molecule has 2 atom stereocenters. The molecule has 4 rings (SSSR count). The van der Waals surface area contributed by atoms with E-state index in [1.807, 2.05) is 23.7 Å². The van der Waals surface area contributed by atoms with Crippen LogP contribution in [-0.2, 0) is 27.0 Å². The van der Waals surface area contributed by atoms with E-state index in [0.29, 0.717) is 55.5 Å². The number of amides is 1. The fourth-order valence-corrected chi connectivity index (χ4v) is 5.77. The lowest BCUT2D eigenvalue weighted by molar-refractivity contribution is 0.0297. The first-order valence-electron chi connectivity index (χ1n) is 13.2. The Morgan fingerprint density at radius 1 is 1.24 bits per heavy atom. The molecule has 0 aliphatic carbocycles. The minimum atomic E-state index is -2.17. The second-order valence-electron chi connectivity index (χ2n) is 9.46. The van der Waals surface area contributed by atoms with Gasteiger partial charge < -0.3 is 24.2 Å². The van der Waals surface area contributed by atoms with Gasteiger partial charge >= 0.3 is 0 Å². The van der Waals surface area contributed by atoms with Crippen molar-refractivity contribution in [1.29, 1.82) is 0 Å². The first kappa shape index (κ1) is 27.9. The number of rotatable bonds is 11.